The van der Waals surface area contributed by atoms with E-state index in [0.717, 1.165) is 28.8 Å². The number of rotatable bonds is 4. The number of amides is 1. The zero-order valence-electron chi connectivity index (χ0n) is 17.3. The van der Waals surface area contributed by atoms with Gasteiger partial charge in [0.15, 0.2) is 0 Å². The fraction of sp³-hybridized carbons (Fsp3) is 0.115. The number of aromatic nitrogens is 1. The van der Waals surface area contributed by atoms with Crippen molar-refractivity contribution in [2.24, 2.45) is 0 Å². The molecule has 0 fully saturated rings. The van der Waals surface area contributed by atoms with Gasteiger partial charge in [-0.1, -0.05) is 48.5 Å². The Morgan fingerprint density at radius 2 is 1.72 bits per heavy atom. The maximum absolute atomic E-state index is 13.3. The number of hydrogen-bond acceptors (Lipinski definition) is 3. The summed E-state index contributed by atoms with van der Waals surface area (Å²) in [4.78, 5) is 29.1. The third-order valence-electron chi connectivity index (χ3n) is 5.96. The molecule has 6 heteroatoms. The van der Waals surface area contributed by atoms with Crippen molar-refractivity contribution >= 4 is 28.6 Å². The van der Waals surface area contributed by atoms with Gasteiger partial charge in [-0.15, -0.1) is 0 Å². The molecule has 0 bridgehead atoms. The Bertz CT molecular complexity index is 1320. The summed E-state index contributed by atoms with van der Waals surface area (Å²) in [6.45, 7) is 0.609. The average molecular weight is 423 g/mol. The molecule has 2 heterocycles. The summed E-state index contributed by atoms with van der Waals surface area (Å²) in [6, 6.07) is 24.2. The molecule has 1 unspecified atom stereocenters. The average Bonchev–Trinajstić information content (AvgIpc) is 3.21. The minimum absolute atomic E-state index is 0.0278. The van der Waals surface area contributed by atoms with Gasteiger partial charge in [0.25, 0.3) is 5.69 Å². The SMILES string of the molecule is O=C(/C=C/c1ccc([N+](=O)[O-])cc1)N1CCc2c([nH]c3ccccc23)C1c1ccccc1. The van der Waals surface area contributed by atoms with Gasteiger partial charge in [-0.05, 0) is 47.4 Å². The predicted molar refractivity (Wildman–Crippen MR) is 124 cm³/mol. The number of benzene rings is 3. The highest BCUT2D eigenvalue weighted by molar-refractivity contribution is 5.93. The van der Waals surface area contributed by atoms with Crippen molar-refractivity contribution in [1.82, 2.24) is 9.88 Å². The molecular formula is C26H21N3O3. The highest BCUT2D eigenvalue weighted by Crippen LogP contribution is 2.38. The lowest BCUT2D eigenvalue weighted by Crippen LogP contribution is -2.39. The number of H-pyrrole nitrogens is 1. The van der Waals surface area contributed by atoms with Crippen LogP contribution in [0.2, 0.25) is 0 Å². The third kappa shape index (κ3) is 3.56. The number of hydrogen-bond donors (Lipinski definition) is 1. The van der Waals surface area contributed by atoms with Crippen molar-refractivity contribution in [3.63, 3.8) is 0 Å². The second kappa shape index (κ2) is 8.15. The van der Waals surface area contributed by atoms with Crippen molar-refractivity contribution in [1.29, 1.82) is 0 Å². The molecule has 5 rings (SSSR count). The Hall–Kier alpha value is -4.19. The first-order valence-electron chi connectivity index (χ1n) is 10.5. The van der Waals surface area contributed by atoms with Gasteiger partial charge in [-0.3, -0.25) is 14.9 Å². The third-order valence-corrected chi connectivity index (χ3v) is 5.96. The number of nitrogens with one attached hydrogen (secondary N) is 1. The Kier molecular flexibility index (Phi) is 5.03. The Balaban J connectivity index is 1.49. The number of carbonyl (C=O) groups excluding carboxylic acids is 1. The quantitative estimate of drug-likeness (QED) is 0.276. The molecule has 4 aromatic rings. The summed E-state index contributed by atoms with van der Waals surface area (Å²) in [5.41, 5.74) is 5.22. The molecule has 0 saturated carbocycles. The summed E-state index contributed by atoms with van der Waals surface area (Å²) in [7, 11) is 0. The van der Waals surface area contributed by atoms with Crippen molar-refractivity contribution in [2.75, 3.05) is 6.54 Å². The second-order valence-electron chi connectivity index (χ2n) is 7.84. The number of non-ortho nitro benzene ring substituents is 1. The molecule has 0 saturated heterocycles. The van der Waals surface area contributed by atoms with Crippen LogP contribution in [0.15, 0.2) is 84.9 Å². The monoisotopic (exact) mass is 423 g/mol. The molecule has 0 aliphatic carbocycles. The van der Waals surface area contributed by atoms with E-state index in [4.69, 9.17) is 0 Å². The molecule has 158 valence electrons. The van der Waals surface area contributed by atoms with E-state index in [0.29, 0.717) is 6.54 Å². The predicted octanol–water partition coefficient (Wildman–Crippen LogP) is 5.26. The van der Waals surface area contributed by atoms with Gasteiger partial charge in [-0.25, -0.2) is 0 Å². The molecule has 32 heavy (non-hydrogen) atoms. The molecule has 1 amide bonds. The molecule has 0 spiro atoms. The smallest absolute Gasteiger partial charge is 0.269 e. The zero-order chi connectivity index (χ0) is 22.1. The van der Waals surface area contributed by atoms with Gasteiger partial charge in [0.05, 0.1) is 11.0 Å². The maximum Gasteiger partial charge on any atom is 0.269 e. The second-order valence-corrected chi connectivity index (χ2v) is 7.84. The van der Waals surface area contributed by atoms with Crippen LogP contribution in [-0.4, -0.2) is 27.3 Å². The molecule has 1 N–H and O–H groups in total. The number of aromatic amines is 1. The summed E-state index contributed by atoms with van der Waals surface area (Å²) < 4.78 is 0. The van der Waals surface area contributed by atoms with Crippen LogP contribution in [0.5, 0.6) is 0 Å². The minimum Gasteiger partial charge on any atom is -0.356 e. The van der Waals surface area contributed by atoms with Gasteiger partial charge in [0.2, 0.25) is 5.91 Å². The van der Waals surface area contributed by atoms with Crippen LogP contribution in [0.25, 0.3) is 17.0 Å². The molecule has 1 aliphatic rings. The largest absolute Gasteiger partial charge is 0.356 e. The van der Waals surface area contributed by atoms with E-state index >= 15 is 0 Å². The molecular weight excluding hydrogens is 402 g/mol. The fourth-order valence-electron chi connectivity index (χ4n) is 4.43. The number of nitro groups is 1. The lowest BCUT2D eigenvalue weighted by molar-refractivity contribution is -0.384. The van der Waals surface area contributed by atoms with E-state index in [1.54, 1.807) is 24.3 Å². The van der Waals surface area contributed by atoms with Gasteiger partial charge in [-0.2, -0.15) is 0 Å². The molecule has 1 aliphatic heterocycles. The number of carbonyl (C=O) groups is 1. The van der Waals surface area contributed by atoms with E-state index in [-0.39, 0.29) is 17.6 Å². The highest BCUT2D eigenvalue weighted by Gasteiger charge is 2.33. The molecule has 6 nitrogen and oxygen atoms in total. The first-order chi connectivity index (χ1) is 15.6. The number of nitro benzene ring substituents is 1. The van der Waals surface area contributed by atoms with Gasteiger partial charge < -0.3 is 9.88 Å². The van der Waals surface area contributed by atoms with Crippen LogP contribution in [-0.2, 0) is 11.2 Å². The van der Waals surface area contributed by atoms with E-state index in [1.807, 2.05) is 47.4 Å². The molecule has 1 atom stereocenters. The lowest BCUT2D eigenvalue weighted by Gasteiger charge is -2.35. The van der Waals surface area contributed by atoms with Crippen molar-refractivity contribution in [3.8, 4) is 0 Å². The van der Waals surface area contributed by atoms with E-state index in [1.165, 1.54) is 23.1 Å². The molecule has 1 aromatic heterocycles. The van der Waals surface area contributed by atoms with E-state index < -0.39 is 4.92 Å². The van der Waals surface area contributed by atoms with Crippen molar-refractivity contribution in [2.45, 2.75) is 12.5 Å². The molecule has 3 aromatic carbocycles. The summed E-state index contributed by atoms with van der Waals surface area (Å²) in [6.07, 6.45) is 4.03. The normalized spacial score (nSPS) is 15.8. The zero-order valence-corrected chi connectivity index (χ0v) is 17.3. The number of para-hydroxylation sites is 1. The van der Waals surface area contributed by atoms with Crippen LogP contribution in [0.4, 0.5) is 5.69 Å². The number of fused-ring (bicyclic) bond motifs is 3. The summed E-state index contributed by atoms with van der Waals surface area (Å²) >= 11 is 0. The fourth-order valence-corrected chi connectivity index (χ4v) is 4.43. The van der Waals surface area contributed by atoms with Crippen LogP contribution >= 0.6 is 0 Å². The van der Waals surface area contributed by atoms with Gasteiger partial charge in [0, 0.05) is 41.4 Å². The minimum atomic E-state index is -0.436. The van der Waals surface area contributed by atoms with E-state index in [9.17, 15) is 14.9 Å². The molecule has 0 radical (unpaired) electrons. The lowest BCUT2D eigenvalue weighted by atomic mass is 9.92. The van der Waals surface area contributed by atoms with Gasteiger partial charge >= 0.3 is 0 Å². The Morgan fingerprint density at radius 1 is 1.00 bits per heavy atom. The van der Waals surface area contributed by atoms with Crippen molar-refractivity contribution in [3.05, 3.63) is 117 Å². The number of nitrogens with zero attached hydrogens (tertiary/aromatic N) is 2. The highest BCUT2D eigenvalue weighted by atomic mass is 16.6. The topological polar surface area (TPSA) is 79.2 Å². The van der Waals surface area contributed by atoms with E-state index in [2.05, 4.69) is 17.1 Å². The van der Waals surface area contributed by atoms with Gasteiger partial charge in [0.1, 0.15) is 0 Å². The maximum atomic E-state index is 13.3. The van der Waals surface area contributed by atoms with Crippen LogP contribution in [0.3, 0.4) is 0 Å². The Morgan fingerprint density at radius 3 is 2.47 bits per heavy atom. The van der Waals surface area contributed by atoms with Crippen LogP contribution in [0, 0.1) is 10.1 Å². The first-order valence-corrected chi connectivity index (χ1v) is 10.5. The Labute approximate surface area is 185 Å². The van der Waals surface area contributed by atoms with Crippen molar-refractivity contribution < 1.29 is 9.72 Å². The summed E-state index contributed by atoms with van der Waals surface area (Å²) in [5.74, 6) is -0.0958. The first kappa shape index (κ1) is 19.8. The standard InChI is InChI=1S/C26H21N3O3/c30-24(15-12-18-10-13-20(14-11-18)29(31)32)28-17-16-22-21-8-4-5-9-23(21)27-25(22)26(28)19-6-2-1-3-7-19/h1-15,26-27H,16-17H2/b15-12+. The van der Waals surface area contributed by atoms with Crippen LogP contribution in [0.1, 0.15) is 28.4 Å². The summed E-state index contributed by atoms with van der Waals surface area (Å²) in [5, 5.41) is 12.1. The van der Waals surface area contributed by atoms with Crippen LogP contribution < -0.4 is 0 Å².